The molecule has 0 saturated heterocycles. The van der Waals surface area contributed by atoms with E-state index in [0.29, 0.717) is 6.42 Å². The highest BCUT2D eigenvalue weighted by Gasteiger charge is 2.25. The van der Waals surface area contributed by atoms with Gasteiger partial charge in [0.1, 0.15) is 5.69 Å². The van der Waals surface area contributed by atoms with Gasteiger partial charge in [-0.15, -0.1) is 5.10 Å². The number of nitrogens with two attached hydrogens (primary N) is 1. The summed E-state index contributed by atoms with van der Waals surface area (Å²) < 4.78 is 10.6. The van der Waals surface area contributed by atoms with E-state index in [4.69, 9.17) is 10.5 Å². The Labute approximate surface area is 159 Å². The highest BCUT2D eigenvalue weighted by Crippen LogP contribution is 2.16. The minimum atomic E-state index is -0.674. The second-order valence-corrected chi connectivity index (χ2v) is 5.69. The van der Waals surface area contributed by atoms with E-state index in [1.165, 1.54) is 7.11 Å². The van der Waals surface area contributed by atoms with Crippen molar-refractivity contribution >= 4 is 17.6 Å². The number of carbonyl (C=O) groups is 2. The molecule has 0 radical (unpaired) electrons. The monoisotopic (exact) mass is 386 g/mol. The summed E-state index contributed by atoms with van der Waals surface area (Å²) in [5.41, 5.74) is 11.6. The van der Waals surface area contributed by atoms with Gasteiger partial charge in [-0.05, 0) is 22.3 Å². The van der Waals surface area contributed by atoms with Crippen LogP contribution in [0.3, 0.4) is 0 Å². The zero-order valence-corrected chi connectivity index (χ0v) is 15.0. The van der Waals surface area contributed by atoms with Crippen molar-refractivity contribution in [3.8, 4) is 5.82 Å². The number of benzene rings is 1. The average Bonchev–Trinajstić information content (AvgIpc) is 3.31. The number of nitrogens with zero attached hydrogens (tertiary/aromatic N) is 5. The summed E-state index contributed by atoms with van der Waals surface area (Å²) in [6, 6.07) is 9.53. The molecule has 0 atom stereocenters. The number of nitrogens with one attached hydrogen (secondary N) is 2. The Morgan fingerprint density at radius 3 is 2.68 bits per heavy atom. The molecule has 0 aliphatic rings. The number of methoxy groups -OCH3 is 1. The standard InChI is InChI=1S/C16H18N8O4/c1-27-9-11-13(24(23-18-11)15-14(17)21-28-22-15)16(26)20-19-12(25)8-7-10-5-3-2-4-6-10/h2-6H,7-9H2,1H3,(H2,17,21)(H,19,25)(H,20,26). The third kappa shape index (κ3) is 4.29. The molecule has 0 unspecified atom stereocenters. The first-order valence-corrected chi connectivity index (χ1v) is 8.25. The molecular weight excluding hydrogens is 368 g/mol. The Kier molecular flexibility index (Phi) is 5.91. The van der Waals surface area contributed by atoms with E-state index in [-0.39, 0.29) is 42.0 Å². The van der Waals surface area contributed by atoms with Gasteiger partial charge in [0.05, 0.1) is 6.61 Å². The fourth-order valence-electron chi connectivity index (χ4n) is 2.41. The summed E-state index contributed by atoms with van der Waals surface area (Å²) in [6.45, 7) is 0.00981. The van der Waals surface area contributed by atoms with Crippen molar-refractivity contribution in [2.24, 2.45) is 0 Å². The van der Waals surface area contributed by atoms with Crippen molar-refractivity contribution in [3.05, 3.63) is 47.3 Å². The first-order valence-electron chi connectivity index (χ1n) is 8.25. The second kappa shape index (κ2) is 8.73. The van der Waals surface area contributed by atoms with Gasteiger partial charge in [-0.25, -0.2) is 4.63 Å². The van der Waals surface area contributed by atoms with Crippen LogP contribution in [0.2, 0.25) is 0 Å². The lowest BCUT2D eigenvalue weighted by molar-refractivity contribution is -0.121. The summed E-state index contributed by atoms with van der Waals surface area (Å²) >= 11 is 0. The SMILES string of the molecule is COCc1nnn(-c2nonc2N)c1C(=O)NNC(=O)CCc1ccccc1. The Bertz CT molecular complexity index is 953. The summed E-state index contributed by atoms with van der Waals surface area (Å²) in [7, 11) is 1.44. The maximum Gasteiger partial charge on any atom is 0.290 e. The molecule has 0 aliphatic heterocycles. The molecule has 12 heteroatoms. The van der Waals surface area contributed by atoms with E-state index in [2.05, 4.69) is 36.1 Å². The predicted molar refractivity (Wildman–Crippen MR) is 94.7 cm³/mol. The van der Waals surface area contributed by atoms with E-state index in [1.807, 2.05) is 30.3 Å². The Morgan fingerprint density at radius 1 is 1.21 bits per heavy atom. The third-order valence-electron chi connectivity index (χ3n) is 3.73. The van der Waals surface area contributed by atoms with Gasteiger partial charge >= 0.3 is 0 Å². The number of rotatable bonds is 7. The lowest BCUT2D eigenvalue weighted by Gasteiger charge is -2.09. The van der Waals surface area contributed by atoms with Crippen LogP contribution in [0.25, 0.3) is 5.82 Å². The molecule has 28 heavy (non-hydrogen) atoms. The number of hydrazine groups is 1. The summed E-state index contributed by atoms with van der Waals surface area (Å²) in [4.78, 5) is 24.6. The van der Waals surface area contributed by atoms with Crippen molar-refractivity contribution in [3.63, 3.8) is 0 Å². The molecule has 0 saturated carbocycles. The largest absolute Gasteiger partial charge is 0.378 e. The zero-order chi connectivity index (χ0) is 19.9. The Morgan fingerprint density at radius 2 is 2.00 bits per heavy atom. The van der Waals surface area contributed by atoms with Gasteiger partial charge in [0.25, 0.3) is 5.91 Å². The quantitative estimate of drug-likeness (QED) is 0.465. The first kappa shape index (κ1) is 19.0. The zero-order valence-electron chi connectivity index (χ0n) is 15.0. The molecule has 3 rings (SSSR count). The highest BCUT2D eigenvalue weighted by atomic mass is 16.6. The van der Waals surface area contributed by atoms with E-state index >= 15 is 0 Å². The third-order valence-corrected chi connectivity index (χ3v) is 3.73. The summed E-state index contributed by atoms with van der Waals surface area (Å²) in [6.07, 6.45) is 0.741. The van der Waals surface area contributed by atoms with Crippen LogP contribution in [0.1, 0.15) is 28.2 Å². The maximum absolute atomic E-state index is 12.6. The van der Waals surface area contributed by atoms with Gasteiger partial charge in [0.2, 0.25) is 17.5 Å². The molecule has 2 aromatic heterocycles. The van der Waals surface area contributed by atoms with Crippen LogP contribution in [0.5, 0.6) is 0 Å². The van der Waals surface area contributed by atoms with E-state index in [9.17, 15) is 9.59 Å². The van der Waals surface area contributed by atoms with Gasteiger partial charge in [-0.1, -0.05) is 35.5 Å². The number of amides is 2. The molecule has 2 heterocycles. The molecular formula is C16H18N8O4. The number of aryl methyl sites for hydroxylation is 1. The van der Waals surface area contributed by atoms with E-state index in [1.54, 1.807) is 0 Å². The van der Waals surface area contributed by atoms with Crippen LogP contribution in [0, 0.1) is 0 Å². The van der Waals surface area contributed by atoms with Crippen molar-refractivity contribution in [2.45, 2.75) is 19.4 Å². The summed E-state index contributed by atoms with van der Waals surface area (Å²) in [5, 5.41) is 14.8. The highest BCUT2D eigenvalue weighted by molar-refractivity contribution is 5.95. The molecule has 2 amide bonds. The fourth-order valence-corrected chi connectivity index (χ4v) is 2.41. The van der Waals surface area contributed by atoms with Crippen LogP contribution < -0.4 is 16.6 Å². The number of aromatic nitrogens is 5. The average molecular weight is 386 g/mol. The molecule has 0 bridgehead atoms. The van der Waals surface area contributed by atoms with Crippen LogP contribution in [0.15, 0.2) is 35.0 Å². The number of hydrogen-bond donors (Lipinski definition) is 3. The number of nitrogen functional groups attached to an aromatic ring is 1. The van der Waals surface area contributed by atoms with Crippen molar-refractivity contribution in [1.29, 1.82) is 0 Å². The van der Waals surface area contributed by atoms with E-state index < -0.39 is 5.91 Å². The van der Waals surface area contributed by atoms with Crippen LogP contribution in [0.4, 0.5) is 5.82 Å². The fraction of sp³-hybridized carbons (Fsp3) is 0.250. The van der Waals surface area contributed by atoms with Crippen LogP contribution in [-0.2, 0) is 22.6 Å². The molecule has 1 aromatic carbocycles. The smallest absolute Gasteiger partial charge is 0.290 e. The topological polar surface area (TPSA) is 163 Å². The van der Waals surface area contributed by atoms with Crippen molar-refractivity contribution in [1.82, 2.24) is 36.2 Å². The number of carbonyl (C=O) groups excluding carboxylic acids is 2. The normalized spacial score (nSPS) is 10.6. The molecule has 12 nitrogen and oxygen atoms in total. The minimum Gasteiger partial charge on any atom is -0.378 e. The van der Waals surface area contributed by atoms with Crippen LogP contribution in [-0.4, -0.2) is 44.2 Å². The molecule has 0 fully saturated rings. The number of hydrogen-bond acceptors (Lipinski definition) is 9. The van der Waals surface area contributed by atoms with E-state index in [0.717, 1.165) is 10.2 Å². The van der Waals surface area contributed by atoms with Gasteiger partial charge in [-0.3, -0.25) is 20.4 Å². The van der Waals surface area contributed by atoms with Gasteiger partial charge < -0.3 is 10.5 Å². The number of ether oxygens (including phenoxy) is 1. The molecule has 0 aliphatic carbocycles. The lowest BCUT2D eigenvalue weighted by atomic mass is 10.1. The maximum atomic E-state index is 12.6. The Balaban J connectivity index is 1.67. The predicted octanol–water partition coefficient (Wildman–Crippen LogP) is -0.227. The van der Waals surface area contributed by atoms with Gasteiger partial charge in [-0.2, -0.15) is 4.68 Å². The summed E-state index contributed by atoms with van der Waals surface area (Å²) in [5.74, 6) is -1.11. The van der Waals surface area contributed by atoms with Crippen LogP contribution >= 0.6 is 0 Å². The molecule has 4 N–H and O–H groups in total. The molecule has 146 valence electrons. The molecule has 0 spiro atoms. The second-order valence-electron chi connectivity index (χ2n) is 5.69. The Hall–Kier alpha value is -3.80. The molecule has 3 aromatic rings. The van der Waals surface area contributed by atoms with Gasteiger partial charge in [0.15, 0.2) is 5.69 Å². The van der Waals surface area contributed by atoms with Gasteiger partial charge in [0, 0.05) is 13.5 Å². The minimum absolute atomic E-state index is 0.00425. The van der Waals surface area contributed by atoms with Crippen molar-refractivity contribution in [2.75, 3.05) is 12.8 Å². The first-order chi connectivity index (χ1) is 13.6. The number of anilines is 1. The lowest BCUT2D eigenvalue weighted by Crippen LogP contribution is -2.42. The van der Waals surface area contributed by atoms with Crippen molar-refractivity contribution < 1.29 is 19.0 Å².